The van der Waals surface area contributed by atoms with Crippen LogP contribution in [0, 0.1) is 28.6 Å². The molecule has 3 fully saturated rings. The zero-order chi connectivity index (χ0) is 17.3. The van der Waals surface area contributed by atoms with E-state index in [2.05, 4.69) is 19.9 Å². The van der Waals surface area contributed by atoms with Gasteiger partial charge in [-0.25, -0.2) is 0 Å². The Bertz CT molecular complexity index is 596. The average Bonchev–Trinajstić information content (AvgIpc) is 2.81. The Hall–Kier alpha value is -0.670. The van der Waals surface area contributed by atoms with Gasteiger partial charge in [0.15, 0.2) is 5.78 Å². The second-order valence-corrected chi connectivity index (χ2v) is 9.57. The highest BCUT2D eigenvalue weighted by molar-refractivity contribution is 5.86. The van der Waals surface area contributed by atoms with Crippen molar-refractivity contribution in [1.29, 1.82) is 0 Å². The topological polar surface area (TPSA) is 57.5 Å². The number of hydrogen-bond acceptors (Lipinski definition) is 3. The minimum Gasteiger partial charge on any atom is -0.393 e. The summed E-state index contributed by atoms with van der Waals surface area (Å²) < 4.78 is 0. The lowest BCUT2D eigenvalue weighted by Gasteiger charge is -2.58. The first-order valence-electron chi connectivity index (χ1n) is 9.83. The van der Waals surface area contributed by atoms with E-state index in [4.69, 9.17) is 0 Å². The van der Waals surface area contributed by atoms with E-state index in [1.165, 1.54) is 5.57 Å². The van der Waals surface area contributed by atoms with E-state index >= 15 is 0 Å². The number of carbonyl (C=O) groups excluding carboxylic acids is 1. The molecule has 24 heavy (non-hydrogen) atoms. The van der Waals surface area contributed by atoms with Crippen molar-refractivity contribution in [3.8, 4) is 0 Å². The van der Waals surface area contributed by atoms with E-state index in [1.54, 1.807) is 6.92 Å². The summed E-state index contributed by atoms with van der Waals surface area (Å²) in [5, 5.41) is 21.2. The summed E-state index contributed by atoms with van der Waals surface area (Å²) >= 11 is 0. The monoisotopic (exact) mass is 332 g/mol. The van der Waals surface area contributed by atoms with Crippen molar-refractivity contribution in [3.05, 3.63) is 11.6 Å². The molecule has 0 aromatic heterocycles. The van der Waals surface area contributed by atoms with Crippen LogP contribution in [0.3, 0.4) is 0 Å². The fourth-order valence-corrected chi connectivity index (χ4v) is 7.24. The predicted molar refractivity (Wildman–Crippen MR) is 93.3 cm³/mol. The minimum absolute atomic E-state index is 0.0370. The number of fused-ring (bicyclic) bond motifs is 5. The third-order valence-corrected chi connectivity index (χ3v) is 8.81. The maximum Gasteiger partial charge on any atom is 0.161 e. The maximum absolute atomic E-state index is 12.2. The number of aliphatic hydroxyl groups is 2. The lowest BCUT2D eigenvalue weighted by molar-refractivity contribution is -0.159. The zero-order valence-electron chi connectivity index (χ0n) is 15.3. The van der Waals surface area contributed by atoms with Gasteiger partial charge < -0.3 is 10.2 Å². The summed E-state index contributed by atoms with van der Waals surface area (Å²) in [4.78, 5) is 12.2. The number of rotatable bonds is 1. The van der Waals surface area contributed by atoms with Crippen LogP contribution in [-0.4, -0.2) is 27.7 Å². The molecule has 0 radical (unpaired) electrons. The van der Waals surface area contributed by atoms with Crippen LogP contribution in [0.25, 0.3) is 0 Å². The molecule has 0 bridgehead atoms. The van der Waals surface area contributed by atoms with E-state index in [0.29, 0.717) is 24.2 Å². The molecule has 0 aromatic carbocycles. The molecule has 4 aliphatic carbocycles. The zero-order valence-corrected chi connectivity index (χ0v) is 15.3. The van der Waals surface area contributed by atoms with Crippen LogP contribution in [0.15, 0.2) is 11.6 Å². The van der Waals surface area contributed by atoms with Crippen molar-refractivity contribution in [2.24, 2.45) is 28.6 Å². The number of carbonyl (C=O) groups is 1. The van der Waals surface area contributed by atoms with Gasteiger partial charge in [0.2, 0.25) is 0 Å². The van der Waals surface area contributed by atoms with Gasteiger partial charge in [0.25, 0.3) is 0 Å². The van der Waals surface area contributed by atoms with Crippen LogP contribution >= 0.6 is 0 Å². The maximum atomic E-state index is 12.2. The fraction of sp³-hybridized carbons (Fsp3) is 0.857. The molecule has 7 atom stereocenters. The van der Waals surface area contributed by atoms with Gasteiger partial charge in [0.05, 0.1) is 6.10 Å². The summed E-state index contributed by atoms with van der Waals surface area (Å²) in [6.45, 7) is 6.16. The van der Waals surface area contributed by atoms with Crippen LogP contribution in [0.2, 0.25) is 0 Å². The van der Waals surface area contributed by atoms with Crippen molar-refractivity contribution in [2.45, 2.75) is 83.8 Å². The third-order valence-electron chi connectivity index (χ3n) is 8.81. The van der Waals surface area contributed by atoms with Crippen LogP contribution < -0.4 is 0 Å². The molecule has 4 rings (SSSR count). The lowest BCUT2D eigenvalue weighted by Crippen LogP contribution is -2.56. The lowest BCUT2D eigenvalue weighted by atomic mass is 9.47. The van der Waals surface area contributed by atoms with Gasteiger partial charge in [-0.3, -0.25) is 4.79 Å². The second kappa shape index (κ2) is 5.17. The second-order valence-electron chi connectivity index (χ2n) is 9.57. The number of allylic oxidation sites excluding steroid dienone is 1. The Morgan fingerprint density at radius 2 is 1.83 bits per heavy atom. The van der Waals surface area contributed by atoms with Gasteiger partial charge in [-0.15, -0.1) is 0 Å². The Balaban J connectivity index is 1.69. The van der Waals surface area contributed by atoms with Gasteiger partial charge in [-0.2, -0.15) is 0 Å². The SMILES string of the molecule is CC(=O)[C@]1(O)CC[C@@H]2[C@H]3CC=C4C[C@H](O)CC[C@]4(C)[C@@H]3CC[C@]21C. The van der Waals surface area contributed by atoms with Crippen LogP contribution in [0.1, 0.15) is 72.1 Å². The highest BCUT2D eigenvalue weighted by Crippen LogP contribution is 2.67. The normalized spacial score (nSPS) is 53.6. The van der Waals surface area contributed by atoms with Gasteiger partial charge >= 0.3 is 0 Å². The summed E-state index contributed by atoms with van der Waals surface area (Å²) in [6.07, 6.45) is 9.84. The summed E-state index contributed by atoms with van der Waals surface area (Å²) in [5.41, 5.74) is 0.331. The van der Waals surface area contributed by atoms with E-state index in [-0.39, 0.29) is 22.7 Å². The van der Waals surface area contributed by atoms with Crippen LogP contribution in [0.5, 0.6) is 0 Å². The van der Waals surface area contributed by atoms with Crippen molar-refractivity contribution in [3.63, 3.8) is 0 Å². The quantitative estimate of drug-likeness (QED) is 0.721. The van der Waals surface area contributed by atoms with Gasteiger partial charge in [0.1, 0.15) is 5.60 Å². The molecular weight excluding hydrogens is 300 g/mol. The smallest absolute Gasteiger partial charge is 0.161 e. The molecule has 0 aliphatic heterocycles. The van der Waals surface area contributed by atoms with Gasteiger partial charge in [-0.05, 0) is 81.5 Å². The largest absolute Gasteiger partial charge is 0.393 e. The van der Waals surface area contributed by atoms with Gasteiger partial charge in [0, 0.05) is 5.41 Å². The first-order valence-corrected chi connectivity index (χ1v) is 9.83. The third kappa shape index (κ3) is 1.94. The molecule has 0 unspecified atom stereocenters. The molecule has 0 amide bonds. The van der Waals surface area contributed by atoms with E-state index in [9.17, 15) is 15.0 Å². The average molecular weight is 332 g/mol. The van der Waals surface area contributed by atoms with E-state index in [0.717, 1.165) is 44.9 Å². The fourth-order valence-electron chi connectivity index (χ4n) is 7.24. The highest BCUT2D eigenvalue weighted by atomic mass is 16.3. The highest BCUT2D eigenvalue weighted by Gasteiger charge is 2.65. The van der Waals surface area contributed by atoms with Crippen molar-refractivity contribution >= 4 is 5.78 Å². The van der Waals surface area contributed by atoms with Crippen LogP contribution in [-0.2, 0) is 4.79 Å². The molecule has 3 saturated carbocycles. The number of ketones is 1. The molecular formula is C21H32O3. The molecule has 0 saturated heterocycles. The molecule has 0 heterocycles. The molecule has 3 heteroatoms. The Kier molecular flexibility index (Phi) is 3.61. The molecule has 0 aromatic rings. The summed E-state index contributed by atoms with van der Waals surface area (Å²) in [7, 11) is 0. The first kappa shape index (κ1) is 16.8. The molecule has 3 nitrogen and oxygen atoms in total. The summed E-state index contributed by atoms with van der Waals surface area (Å²) in [6, 6.07) is 0. The van der Waals surface area contributed by atoms with E-state index < -0.39 is 5.60 Å². The van der Waals surface area contributed by atoms with Crippen LogP contribution in [0.4, 0.5) is 0 Å². The number of Topliss-reactive ketones (excluding diaryl/α,β-unsaturated/α-hetero) is 1. The minimum atomic E-state index is -1.11. The first-order chi connectivity index (χ1) is 11.2. The molecule has 134 valence electrons. The molecule has 4 aliphatic rings. The number of aliphatic hydroxyl groups excluding tert-OH is 1. The molecule has 0 spiro atoms. The molecule has 2 N–H and O–H groups in total. The van der Waals surface area contributed by atoms with Crippen molar-refractivity contribution in [2.75, 3.05) is 0 Å². The standard InChI is InChI=1S/C21H32O3/c1-13(22)21(24)11-8-18-16-5-4-14-12-15(23)6-9-19(14,2)17(16)7-10-20(18,21)3/h4,15-18,23-24H,5-12H2,1-3H3/t15-,16+,17-,18-,19+,20-,21-/m1/s1. The van der Waals surface area contributed by atoms with E-state index in [1.807, 2.05) is 0 Å². The summed E-state index contributed by atoms with van der Waals surface area (Å²) in [5.74, 6) is 1.65. The van der Waals surface area contributed by atoms with Crippen molar-refractivity contribution < 1.29 is 15.0 Å². The number of hydrogen-bond donors (Lipinski definition) is 2. The van der Waals surface area contributed by atoms with Gasteiger partial charge in [-0.1, -0.05) is 25.5 Å². The Morgan fingerprint density at radius 3 is 2.54 bits per heavy atom. The van der Waals surface area contributed by atoms with Crippen molar-refractivity contribution in [1.82, 2.24) is 0 Å². The Morgan fingerprint density at radius 1 is 1.12 bits per heavy atom. The predicted octanol–water partition coefficient (Wildman–Crippen LogP) is 3.63. The Labute approximate surface area is 145 Å².